The van der Waals surface area contributed by atoms with E-state index in [1.165, 1.54) is 38.5 Å². The SMILES string of the molecule is C=CCCNC(CN)CCCCCCC. The summed E-state index contributed by atoms with van der Waals surface area (Å²) in [5.41, 5.74) is 5.71. The molecule has 0 saturated heterocycles. The fourth-order valence-electron chi connectivity index (χ4n) is 1.69. The second kappa shape index (κ2) is 11.7. The van der Waals surface area contributed by atoms with E-state index >= 15 is 0 Å². The maximum absolute atomic E-state index is 5.71. The predicted octanol–water partition coefficient (Wildman–Crippen LogP) is 2.84. The van der Waals surface area contributed by atoms with E-state index in [-0.39, 0.29) is 0 Å². The topological polar surface area (TPSA) is 38.0 Å². The summed E-state index contributed by atoms with van der Waals surface area (Å²) in [6.07, 6.45) is 10.9. The summed E-state index contributed by atoms with van der Waals surface area (Å²) in [5, 5.41) is 3.46. The highest BCUT2D eigenvalue weighted by molar-refractivity contribution is 4.72. The Hall–Kier alpha value is -0.340. The number of nitrogens with two attached hydrogens (primary N) is 1. The molecular formula is C13H28N2. The summed E-state index contributed by atoms with van der Waals surface area (Å²) < 4.78 is 0. The van der Waals surface area contributed by atoms with Crippen LogP contribution in [0.25, 0.3) is 0 Å². The van der Waals surface area contributed by atoms with Gasteiger partial charge in [-0.15, -0.1) is 6.58 Å². The second-order valence-electron chi connectivity index (χ2n) is 4.17. The van der Waals surface area contributed by atoms with Gasteiger partial charge in [-0.2, -0.15) is 0 Å². The lowest BCUT2D eigenvalue weighted by molar-refractivity contribution is 0.464. The average Bonchev–Trinajstić information content (AvgIpc) is 2.26. The highest BCUT2D eigenvalue weighted by Crippen LogP contribution is 2.06. The first-order valence-electron chi connectivity index (χ1n) is 6.39. The molecule has 0 aromatic heterocycles. The van der Waals surface area contributed by atoms with Crippen molar-refractivity contribution in [2.75, 3.05) is 13.1 Å². The van der Waals surface area contributed by atoms with Gasteiger partial charge in [-0.3, -0.25) is 0 Å². The van der Waals surface area contributed by atoms with Crippen molar-refractivity contribution >= 4 is 0 Å². The summed E-state index contributed by atoms with van der Waals surface area (Å²) >= 11 is 0. The van der Waals surface area contributed by atoms with E-state index in [1.807, 2.05) is 6.08 Å². The maximum atomic E-state index is 5.71. The van der Waals surface area contributed by atoms with Crippen LogP contribution < -0.4 is 11.1 Å². The molecule has 0 spiro atoms. The van der Waals surface area contributed by atoms with Crippen molar-refractivity contribution in [3.05, 3.63) is 12.7 Å². The third-order valence-corrected chi connectivity index (χ3v) is 2.72. The van der Waals surface area contributed by atoms with Crippen LogP contribution in [0.1, 0.15) is 51.9 Å². The number of nitrogens with one attached hydrogen (secondary N) is 1. The maximum Gasteiger partial charge on any atom is 0.0190 e. The van der Waals surface area contributed by atoms with Crippen molar-refractivity contribution < 1.29 is 0 Å². The minimum Gasteiger partial charge on any atom is -0.329 e. The van der Waals surface area contributed by atoms with Gasteiger partial charge < -0.3 is 11.1 Å². The minimum atomic E-state index is 0.506. The van der Waals surface area contributed by atoms with E-state index in [2.05, 4.69) is 18.8 Å². The van der Waals surface area contributed by atoms with E-state index in [0.717, 1.165) is 19.5 Å². The molecule has 0 aliphatic rings. The predicted molar refractivity (Wildman–Crippen MR) is 69.0 cm³/mol. The number of unbranched alkanes of at least 4 members (excludes halogenated alkanes) is 4. The van der Waals surface area contributed by atoms with Crippen LogP contribution >= 0.6 is 0 Å². The third kappa shape index (κ3) is 9.95. The molecule has 1 atom stereocenters. The molecule has 2 nitrogen and oxygen atoms in total. The molecule has 90 valence electrons. The Morgan fingerprint density at radius 2 is 2.00 bits per heavy atom. The molecule has 0 aliphatic carbocycles. The van der Waals surface area contributed by atoms with Gasteiger partial charge >= 0.3 is 0 Å². The van der Waals surface area contributed by atoms with Crippen LogP contribution in [0.4, 0.5) is 0 Å². The number of rotatable bonds is 11. The first-order chi connectivity index (χ1) is 7.35. The second-order valence-corrected chi connectivity index (χ2v) is 4.17. The molecule has 0 radical (unpaired) electrons. The Bertz CT molecular complexity index is 134. The Morgan fingerprint density at radius 3 is 2.60 bits per heavy atom. The third-order valence-electron chi connectivity index (χ3n) is 2.72. The standard InChI is InChI=1S/C13H28N2/c1-3-5-7-8-9-10-13(12-14)15-11-6-4-2/h4,13,15H,2-3,5-12,14H2,1H3. The molecule has 0 saturated carbocycles. The van der Waals surface area contributed by atoms with Crippen molar-refractivity contribution in [2.24, 2.45) is 5.73 Å². The summed E-state index contributed by atoms with van der Waals surface area (Å²) in [6, 6.07) is 0.506. The van der Waals surface area contributed by atoms with E-state index in [1.54, 1.807) is 0 Å². The van der Waals surface area contributed by atoms with Gasteiger partial charge in [-0.05, 0) is 19.4 Å². The molecule has 0 heterocycles. The summed E-state index contributed by atoms with van der Waals surface area (Å²) in [6.45, 7) is 7.73. The summed E-state index contributed by atoms with van der Waals surface area (Å²) in [7, 11) is 0. The molecule has 0 aromatic rings. The van der Waals surface area contributed by atoms with Crippen molar-refractivity contribution in [3.63, 3.8) is 0 Å². The van der Waals surface area contributed by atoms with Gasteiger partial charge in [0.05, 0.1) is 0 Å². The van der Waals surface area contributed by atoms with Crippen LogP contribution in [0, 0.1) is 0 Å². The highest BCUT2D eigenvalue weighted by atomic mass is 14.9. The molecule has 3 N–H and O–H groups in total. The van der Waals surface area contributed by atoms with Crippen molar-refractivity contribution in [3.8, 4) is 0 Å². The zero-order valence-electron chi connectivity index (χ0n) is 10.3. The van der Waals surface area contributed by atoms with Crippen molar-refractivity contribution in [1.82, 2.24) is 5.32 Å². The first kappa shape index (κ1) is 14.7. The molecule has 1 unspecified atom stereocenters. The molecule has 0 fully saturated rings. The Kier molecular flexibility index (Phi) is 11.5. The zero-order chi connectivity index (χ0) is 11.4. The van der Waals surface area contributed by atoms with Crippen molar-refractivity contribution in [1.29, 1.82) is 0 Å². The average molecular weight is 212 g/mol. The molecule has 0 aliphatic heterocycles. The van der Waals surface area contributed by atoms with Crippen LogP contribution in [-0.4, -0.2) is 19.1 Å². The summed E-state index contributed by atoms with van der Waals surface area (Å²) in [5.74, 6) is 0. The Labute approximate surface area is 95.3 Å². The Morgan fingerprint density at radius 1 is 1.27 bits per heavy atom. The van der Waals surface area contributed by atoms with Crippen molar-refractivity contribution in [2.45, 2.75) is 57.9 Å². The van der Waals surface area contributed by atoms with Crippen LogP contribution in [-0.2, 0) is 0 Å². The van der Waals surface area contributed by atoms with Crippen LogP contribution in [0.2, 0.25) is 0 Å². The largest absolute Gasteiger partial charge is 0.329 e. The molecule has 0 bridgehead atoms. The monoisotopic (exact) mass is 212 g/mol. The van der Waals surface area contributed by atoms with Crippen LogP contribution in [0.3, 0.4) is 0 Å². The van der Waals surface area contributed by atoms with Crippen LogP contribution in [0.15, 0.2) is 12.7 Å². The minimum absolute atomic E-state index is 0.506. The van der Waals surface area contributed by atoms with E-state index in [0.29, 0.717) is 6.04 Å². The van der Waals surface area contributed by atoms with Gasteiger partial charge in [-0.1, -0.05) is 45.1 Å². The quantitative estimate of drug-likeness (QED) is 0.408. The fraction of sp³-hybridized carbons (Fsp3) is 0.846. The van der Waals surface area contributed by atoms with E-state index in [9.17, 15) is 0 Å². The molecule has 0 rings (SSSR count). The van der Waals surface area contributed by atoms with Gasteiger partial charge in [-0.25, -0.2) is 0 Å². The molecule has 0 amide bonds. The lowest BCUT2D eigenvalue weighted by atomic mass is 10.1. The van der Waals surface area contributed by atoms with Gasteiger partial charge in [0.15, 0.2) is 0 Å². The normalized spacial score (nSPS) is 12.7. The number of hydrogen-bond donors (Lipinski definition) is 2. The van der Waals surface area contributed by atoms with Gasteiger partial charge in [0, 0.05) is 12.6 Å². The molecular weight excluding hydrogens is 184 g/mol. The molecule has 15 heavy (non-hydrogen) atoms. The lowest BCUT2D eigenvalue weighted by Crippen LogP contribution is -2.36. The van der Waals surface area contributed by atoms with Crippen LogP contribution in [0.5, 0.6) is 0 Å². The van der Waals surface area contributed by atoms with Gasteiger partial charge in [0.25, 0.3) is 0 Å². The molecule has 0 aromatic carbocycles. The fourth-order valence-corrected chi connectivity index (χ4v) is 1.69. The highest BCUT2D eigenvalue weighted by Gasteiger charge is 2.03. The zero-order valence-corrected chi connectivity index (χ0v) is 10.3. The Balaban J connectivity index is 3.31. The smallest absolute Gasteiger partial charge is 0.0190 e. The molecule has 2 heteroatoms. The summed E-state index contributed by atoms with van der Waals surface area (Å²) in [4.78, 5) is 0. The number of hydrogen-bond acceptors (Lipinski definition) is 2. The van der Waals surface area contributed by atoms with E-state index in [4.69, 9.17) is 5.73 Å². The lowest BCUT2D eigenvalue weighted by Gasteiger charge is -2.15. The van der Waals surface area contributed by atoms with Gasteiger partial charge in [0.2, 0.25) is 0 Å². The van der Waals surface area contributed by atoms with E-state index < -0.39 is 0 Å². The first-order valence-corrected chi connectivity index (χ1v) is 6.39. The van der Waals surface area contributed by atoms with Gasteiger partial charge in [0.1, 0.15) is 0 Å².